The normalized spacial score (nSPS) is 10.7. The van der Waals surface area contributed by atoms with Crippen molar-refractivity contribution in [2.45, 2.75) is 39.5 Å². The van der Waals surface area contributed by atoms with Gasteiger partial charge in [-0.3, -0.25) is 9.59 Å². The van der Waals surface area contributed by atoms with Gasteiger partial charge in [-0.05, 0) is 30.5 Å². The number of aromatic nitrogens is 1. The fourth-order valence-electron chi connectivity index (χ4n) is 2.26. The van der Waals surface area contributed by atoms with Gasteiger partial charge in [0.15, 0.2) is 0 Å². The quantitative estimate of drug-likeness (QED) is 0.877. The fourth-order valence-corrected chi connectivity index (χ4v) is 2.26. The summed E-state index contributed by atoms with van der Waals surface area (Å²) in [7, 11) is 0. The summed E-state index contributed by atoms with van der Waals surface area (Å²) in [4.78, 5) is 26.1. The Hall–Kier alpha value is -2.10. The summed E-state index contributed by atoms with van der Waals surface area (Å²) in [5.74, 6) is 0.0141. The lowest BCUT2D eigenvalue weighted by Crippen LogP contribution is -2.11. The molecule has 2 rings (SSSR count). The Bertz CT molecular complexity index is 674. The van der Waals surface area contributed by atoms with Gasteiger partial charge >= 0.3 is 0 Å². The zero-order valence-electron chi connectivity index (χ0n) is 12.0. The number of rotatable bonds is 5. The maximum Gasteiger partial charge on any atom is 0.248 e. The van der Waals surface area contributed by atoms with Gasteiger partial charge in [-0.1, -0.05) is 26.3 Å². The maximum absolute atomic E-state index is 11.7. The van der Waals surface area contributed by atoms with Gasteiger partial charge in [0.25, 0.3) is 0 Å². The van der Waals surface area contributed by atoms with Crippen LogP contribution in [-0.2, 0) is 11.2 Å². The minimum atomic E-state index is -0.108. The summed E-state index contributed by atoms with van der Waals surface area (Å²) >= 11 is 0. The molecule has 1 amide bonds. The lowest BCUT2D eigenvalue weighted by atomic mass is 10.1. The van der Waals surface area contributed by atoms with E-state index in [0.717, 1.165) is 41.4 Å². The number of carbonyl (C=O) groups is 1. The van der Waals surface area contributed by atoms with Crippen molar-refractivity contribution in [2.24, 2.45) is 0 Å². The molecule has 0 saturated heterocycles. The molecule has 20 heavy (non-hydrogen) atoms. The first kappa shape index (κ1) is 14.3. The van der Waals surface area contributed by atoms with Crippen LogP contribution in [0.3, 0.4) is 0 Å². The van der Waals surface area contributed by atoms with E-state index in [1.165, 1.54) is 0 Å². The number of unbranched alkanes of at least 4 members (excludes halogenated alkanes) is 1. The van der Waals surface area contributed by atoms with Gasteiger partial charge in [0.1, 0.15) is 0 Å². The van der Waals surface area contributed by atoms with E-state index in [-0.39, 0.29) is 11.5 Å². The van der Waals surface area contributed by atoms with Gasteiger partial charge in [-0.2, -0.15) is 0 Å². The SMILES string of the molecule is CCCCC(=O)Nc1ccc2c(CC)cc(=O)[nH]c2c1. The second kappa shape index (κ2) is 6.37. The van der Waals surface area contributed by atoms with Gasteiger partial charge in [-0.15, -0.1) is 0 Å². The van der Waals surface area contributed by atoms with Crippen LogP contribution in [0.25, 0.3) is 10.9 Å². The van der Waals surface area contributed by atoms with E-state index >= 15 is 0 Å². The van der Waals surface area contributed by atoms with Crippen LogP contribution in [0.1, 0.15) is 38.7 Å². The molecule has 4 heteroatoms. The highest BCUT2D eigenvalue weighted by molar-refractivity contribution is 5.94. The van der Waals surface area contributed by atoms with Crippen LogP contribution < -0.4 is 10.9 Å². The van der Waals surface area contributed by atoms with Crippen molar-refractivity contribution >= 4 is 22.5 Å². The Kier molecular flexibility index (Phi) is 4.56. The fraction of sp³-hybridized carbons (Fsp3) is 0.375. The molecular formula is C16H20N2O2. The van der Waals surface area contributed by atoms with Crippen molar-refractivity contribution in [2.75, 3.05) is 5.32 Å². The van der Waals surface area contributed by atoms with Crippen LogP contribution in [0.4, 0.5) is 5.69 Å². The van der Waals surface area contributed by atoms with E-state index in [1.54, 1.807) is 6.07 Å². The Morgan fingerprint density at radius 1 is 1.25 bits per heavy atom. The maximum atomic E-state index is 11.7. The van der Waals surface area contributed by atoms with Gasteiger partial charge in [0.2, 0.25) is 11.5 Å². The van der Waals surface area contributed by atoms with E-state index in [4.69, 9.17) is 0 Å². The second-order valence-electron chi connectivity index (χ2n) is 4.92. The number of H-pyrrole nitrogens is 1. The van der Waals surface area contributed by atoms with E-state index < -0.39 is 0 Å². The predicted molar refractivity (Wildman–Crippen MR) is 82.1 cm³/mol. The first-order valence-electron chi connectivity index (χ1n) is 7.09. The molecule has 0 bridgehead atoms. The predicted octanol–water partition coefficient (Wildman–Crippen LogP) is 3.22. The summed E-state index contributed by atoms with van der Waals surface area (Å²) in [6.45, 7) is 4.08. The highest BCUT2D eigenvalue weighted by Gasteiger charge is 2.05. The van der Waals surface area contributed by atoms with Crippen LogP contribution in [0, 0.1) is 0 Å². The molecule has 0 aliphatic heterocycles. The largest absolute Gasteiger partial charge is 0.326 e. The molecule has 0 atom stereocenters. The molecule has 2 N–H and O–H groups in total. The average molecular weight is 272 g/mol. The molecule has 4 nitrogen and oxygen atoms in total. The van der Waals surface area contributed by atoms with Crippen molar-refractivity contribution in [1.29, 1.82) is 0 Å². The van der Waals surface area contributed by atoms with Crippen LogP contribution >= 0.6 is 0 Å². The number of nitrogens with one attached hydrogen (secondary N) is 2. The van der Waals surface area contributed by atoms with E-state index in [0.29, 0.717) is 6.42 Å². The third kappa shape index (κ3) is 3.26. The number of pyridine rings is 1. The number of hydrogen-bond acceptors (Lipinski definition) is 2. The third-order valence-corrected chi connectivity index (χ3v) is 3.35. The minimum absolute atomic E-state index is 0.0141. The highest BCUT2D eigenvalue weighted by Crippen LogP contribution is 2.20. The first-order valence-corrected chi connectivity index (χ1v) is 7.09. The molecule has 0 spiro atoms. The van der Waals surface area contributed by atoms with E-state index in [2.05, 4.69) is 17.2 Å². The number of amides is 1. The number of aromatic amines is 1. The second-order valence-corrected chi connectivity index (χ2v) is 4.92. The molecule has 0 unspecified atom stereocenters. The van der Waals surface area contributed by atoms with Crippen LogP contribution in [-0.4, -0.2) is 10.9 Å². The van der Waals surface area contributed by atoms with Crippen molar-refractivity contribution in [3.05, 3.63) is 40.2 Å². The summed E-state index contributed by atoms with van der Waals surface area (Å²) in [6.07, 6.45) is 3.22. The molecule has 1 aromatic heterocycles. The third-order valence-electron chi connectivity index (χ3n) is 3.35. The van der Waals surface area contributed by atoms with Crippen molar-refractivity contribution in [3.63, 3.8) is 0 Å². The van der Waals surface area contributed by atoms with Crippen LogP contribution in [0.5, 0.6) is 0 Å². The van der Waals surface area contributed by atoms with Gasteiger partial charge in [0, 0.05) is 23.6 Å². The van der Waals surface area contributed by atoms with E-state index in [9.17, 15) is 9.59 Å². The van der Waals surface area contributed by atoms with E-state index in [1.807, 2.05) is 25.1 Å². The van der Waals surface area contributed by atoms with Crippen molar-refractivity contribution in [3.8, 4) is 0 Å². The minimum Gasteiger partial charge on any atom is -0.326 e. The van der Waals surface area contributed by atoms with Crippen molar-refractivity contribution in [1.82, 2.24) is 4.98 Å². The Balaban J connectivity index is 2.29. The lowest BCUT2D eigenvalue weighted by Gasteiger charge is -2.08. The van der Waals surface area contributed by atoms with Crippen LogP contribution in [0.15, 0.2) is 29.1 Å². The zero-order valence-corrected chi connectivity index (χ0v) is 12.0. The molecule has 0 aliphatic rings. The lowest BCUT2D eigenvalue weighted by molar-refractivity contribution is -0.116. The molecule has 106 valence electrons. The monoisotopic (exact) mass is 272 g/mol. The van der Waals surface area contributed by atoms with Crippen molar-refractivity contribution < 1.29 is 4.79 Å². The smallest absolute Gasteiger partial charge is 0.248 e. The molecule has 0 aliphatic carbocycles. The summed E-state index contributed by atoms with van der Waals surface area (Å²) in [6, 6.07) is 7.27. The number of benzene rings is 1. The summed E-state index contributed by atoms with van der Waals surface area (Å²) < 4.78 is 0. The molecule has 0 radical (unpaired) electrons. The van der Waals surface area contributed by atoms with Gasteiger partial charge < -0.3 is 10.3 Å². The molecule has 0 fully saturated rings. The highest BCUT2D eigenvalue weighted by atomic mass is 16.1. The number of fused-ring (bicyclic) bond motifs is 1. The number of hydrogen-bond donors (Lipinski definition) is 2. The van der Waals surface area contributed by atoms with Crippen LogP contribution in [0.2, 0.25) is 0 Å². The summed E-state index contributed by atoms with van der Waals surface area (Å²) in [5, 5.41) is 3.89. The Morgan fingerprint density at radius 2 is 2.05 bits per heavy atom. The number of anilines is 1. The molecule has 0 saturated carbocycles. The molecule has 1 heterocycles. The first-order chi connectivity index (χ1) is 9.63. The summed E-state index contributed by atoms with van der Waals surface area (Å²) in [5.41, 5.74) is 2.40. The average Bonchev–Trinajstić information content (AvgIpc) is 2.43. The number of carbonyl (C=O) groups excluding carboxylic acids is 1. The molecule has 2 aromatic rings. The topological polar surface area (TPSA) is 62.0 Å². The molecular weight excluding hydrogens is 252 g/mol. The standard InChI is InChI=1S/C16H20N2O2/c1-3-5-6-15(19)17-12-7-8-13-11(4-2)9-16(20)18-14(13)10-12/h7-10H,3-6H2,1-2H3,(H,17,19)(H,18,20). The Labute approximate surface area is 118 Å². The van der Waals surface area contributed by atoms with Gasteiger partial charge in [-0.25, -0.2) is 0 Å². The molecule has 1 aromatic carbocycles. The van der Waals surface area contributed by atoms with Gasteiger partial charge in [0.05, 0.1) is 5.52 Å². The Morgan fingerprint density at radius 3 is 2.75 bits per heavy atom. The zero-order chi connectivity index (χ0) is 14.5. The number of aryl methyl sites for hydroxylation is 1.